The first-order valence-electron chi connectivity index (χ1n) is 6.26. The fraction of sp³-hybridized carbons (Fsp3) is 0.615. The van der Waals surface area contributed by atoms with Crippen molar-refractivity contribution in [2.75, 3.05) is 13.1 Å². The maximum atomic E-state index is 5.20. The summed E-state index contributed by atoms with van der Waals surface area (Å²) in [5.41, 5.74) is -0.152. The molecule has 7 heteroatoms. The molecule has 2 N–H and O–H groups in total. The third-order valence-electron chi connectivity index (χ3n) is 2.19. The Morgan fingerprint density at radius 2 is 2.10 bits per heavy atom. The van der Waals surface area contributed by atoms with E-state index in [0.717, 1.165) is 6.54 Å². The Kier molecular flexibility index (Phi) is 8.22. The maximum absolute atomic E-state index is 5.20. The van der Waals surface area contributed by atoms with Crippen molar-refractivity contribution in [2.24, 2.45) is 4.99 Å². The predicted octanol–water partition coefficient (Wildman–Crippen LogP) is 1.67. The van der Waals surface area contributed by atoms with Crippen molar-refractivity contribution >= 4 is 29.9 Å². The molecule has 112 valence electrons. The monoisotopic (exact) mass is 391 g/mol. The lowest BCUT2D eigenvalue weighted by atomic mass is 9.97. The van der Waals surface area contributed by atoms with E-state index in [0.29, 0.717) is 30.8 Å². The highest BCUT2D eigenvalue weighted by Crippen LogP contribution is 2.19. The van der Waals surface area contributed by atoms with Crippen LogP contribution in [0, 0.1) is 12.3 Å². The molecule has 1 heterocycles. The van der Waals surface area contributed by atoms with Crippen LogP contribution in [-0.2, 0) is 12.0 Å². The highest BCUT2D eigenvalue weighted by atomic mass is 127. The van der Waals surface area contributed by atoms with Gasteiger partial charge in [0, 0.05) is 12.0 Å². The molecule has 0 radical (unpaired) electrons. The van der Waals surface area contributed by atoms with E-state index >= 15 is 0 Å². The van der Waals surface area contributed by atoms with Crippen LogP contribution < -0.4 is 10.6 Å². The zero-order chi connectivity index (χ0) is 14.3. The first-order chi connectivity index (χ1) is 8.97. The number of aromatic nitrogens is 2. The van der Waals surface area contributed by atoms with E-state index < -0.39 is 0 Å². The summed E-state index contributed by atoms with van der Waals surface area (Å²) in [6, 6.07) is 0. The number of nitrogens with zero attached hydrogens (tertiary/aromatic N) is 3. The molecule has 0 saturated heterocycles. The summed E-state index contributed by atoms with van der Waals surface area (Å²) in [6.07, 6.45) is 5.20. The number of nitrogens with one attached hydrogen (secondary N) is 2. The third-order valence-corrected chi connectivity index (χ3v) is 2.19. The number of terminal acetylenes is 1. The standard InChI is InChI=1S/C13H21N5O.HI/c1-6-8-15-12(14-7-2)16-9-10-17-11(19-18-10)13(3,4)5;/h1H,7-9H2,2-5H3,(H2,14,15,16);1H. The van der Waals surface area contributed by atoms with Crippen molar-refractivity contribution in [3.8, 4) is 12.3 Å². The Morgan fingerprint density at radius 1 is 1.40 bits per heavy atom. The van der Waals surface area contributed by atoms with E-state index in [1.165, 1.54) is 0 Å². The molecule has 1 aromatic rings. The number of aliphatic imine (C=N–C) groups is 1. The van der Waals surface area contributed by atoms with Gasteiger partial charge in [0.1, 0.15) is 6.54 Å². The van der Waals surface area contributed by atoms with E-state index in [9.17, 15) is 0 Å². The topological polar surface area (TPSA) is 75.3 Å². The van der Waals surface area contributed by atoms with Crippen molar-refractivity contribution in [3.05, 3.63) is 11.7 Å². The Morgan fingerprint density at radius 3 is 2.60 bits per heavy atom. The van der Waals surface area contributed by atoms with Gasteiger partial charge in [-0.2, -0.15) is 4.98 Å². The van der Waals surface area contributed by atoms with Gasteiger partial charge in [-0.3, -0.25) is 0 Å². The van der Waals surface area contributed by atoms with Crippen LogP contribution in [0.2, 0.25) is 0 Å². The van der Waals surface area contributed by atoms with Gasteiger partial charge in [-0.15, -0.1) is 30.4 Å². The molecule has 0 atom stereocenters. The van der Waals surface area contributed by atoms with Gasteiger partial charge in [0.05, 0.1) is 6.54 Å². The minimum atomic E-state index is -0.152. The van der Waals surface area contributed by atoms with Gasteiger partial charge in [-0.25, -0.2) is 4.99 Å². The van der Waals surface area contributed by atoms with Crippen LogP contribution in [0.3, 0.4) is 0 Å². The molecular formula is C13H22IN5O. The van der Waals surface area contributed by atoms with Crippen LogP contribution in [-0.4, -0.2) is 29.2 Å². The van der Waals surface area contributed by atoms with Gasteiger partial charge >= 0.3 is 0 Å². The molecule has 1 rings (SSSR count). The predicted molar refractivity (Wildman–Crippen MR) is 90.1 cm³/mol. The lowest BCUT2D eigenvalue weighted by Gasteiger charge is -2.10. The molecule has 0 saturated carbocycles. The van der Waals surface area contributed by atoms with Crippen LogP contribution in [0.25, 0.3) is 0 Å². The molecule has 0 aromatic carbocycles. The average molecular weight is 391 g/mol. The van der Waals surface area contributed by atoms with E-state index in [-0.39, 0.29) is 29.4 Å². The summed E-state index contributed by atoms with van der Waals surface area (Å²) >= 11 is 0. The second-order valence-electron chi connectivity index (χ2n) is 5.02. The highest BCUT2D eigenvalue weighted by Gasteiger charge is 2.21. The van der Waals surface area contributed by atoms with Crippen molar-refractivity contribution in [2.45, 2.75) is 39.7 Å². The molecule has 0 aliphatic carbocycles. The van der Waals surface area contributed by atoms with E-state index in [4.69, 9.17) is 10.9 Å². The third kappa shape index (κ3) is 6.23. The lowest BCUT2D eigenvalue weighted by Crippen LogP contribution is -2.37. The van der Waals surface area contributed by atoms with E-state index in [1.807, 2.05) is 27.7 Å². The molecule has 0 fully saturated rings. The SMILES string of the molecule is C#CCNC(=NCc1noc(C(C)(C)C)n1)NCC.I. The Balaban J connectivity index is 0.00000361. The number of guanidine groups is 1. The average Bonchev–Trinajstić information content (AvgIpc) is 2.81. The Labute approximate surface area is 137 Å². The number of hydrogen-bond acceptors (Lipinski definition) is 4. The summed E-state index contributed by atoms with van der Waals surface area (Å²) in [7, 11) is 0. The molecule has 1 aromatic heterocycles. The molecule has 0 spiro atoms. The first-order valence-corrected chi connectivity index (χ1v) is 6.26. The largest absolute Gasteiger partial charge is 0.357 e. The molecule has 6 nitrogen and oxygen atoms in total. The van der Waals surface area contributed by atoms with Crippen LogP contribution in [0.4, 0.5) is 0 Å². The van der Waals surface area contributed by atoms with Crippen molar-refractivity contribution < 1.29 is 4.52 Å². The first kappa shape index (κ1) is 18.7. The van der Waals surface area contributed by atoms with E-state index in [2.05, 4.69) is 31.7 Å². The number of hydrogen-bond donors (Lipinski definition) is 2. The Hall–Kier alpha value is -1.30. The lowest BCUT2D eigenvalue weighted by molar-refractivity contribution is 0.318. The highest BCUT2D eigenvalue weighted by molar-refractivity contribution is 14.0. The molecule has 0 unspecified atom stereocenters. The van der Waals surface area contributed by atoms with Crippen molar-refractivity contribution in [1.82, 2.24) is 20.8 Å². The molecule has 0 aliphatic heterocycles. The van der Waals surface area contributed by atoms with E-state index in [1.54, 1.807) is 0 Å². The van der Waals surface area contributed by atoms with Crippen LogP contribution in [0.15, 0.2) is 9.52 Å². The zero-order valence-corrected chi connectivity index (χ0v) is 14.7. The smallest absolute Gasteiger partial charge is 0.232 e. The quantitative estimate of drug-likeness (QED) is 0.354. The van der Waals surface area contributed by atoms with Gasteiger partial charge in [0.15, 0.2) is 11.8 Å². The minimum Gasteiger partial charge on any atom is -0.357 e. The van der Waals surface area contributed by atoms with Crippen LogP contribution in [0.5, 0.6) is 0 Å². The van der Waals surface area contributed by atoms with Gasteiger partial charge in [0.2, 0.25) is 5.89 Å². The minimum absolute atomic E-state index is 0. The molecule has 20 heavy (non-hydrogen) atoms. The van der Waals surface area contributed by atoms with Crippen molar-refractivity contribution in [1.29, 1.82) is 0 Å². The summed E-state index contributed by atoms with van der Waals surface area (Å²) in [5.74, 6) is 4.31. The summed E-state index contributed by atoms with van der Waals surface area (Å²) < 4.78 is 5.20. The van der Waals surface area contributed by atoms with Crippen LogP contribution in [0.1, 0.15) is 39.4 Å². The fourth-order valence-corrected chi connectivity index (χ4v) is 1.25. The summed E-state index contributed by atoms with van der Waals surface area (Å²) in [6.45, 7) is 9.57. The van der Waals surface area contributed by atoms with Crippen molar-refractivity contribution in [3.63, 3.8) is 0 Å². The van der Waals surface area contributed by atoms with Crippen LogP contribution >= 0.6 is 24.0 Å². The second-order valence-corrected chi connectivity index (χ2v) is 5.02. The molecule has 0 amide bonds. The molecule has 0 aliphatic rings. The van der Waals surface area contributed by atoms with Gasteiger partial charge in [0.25, 0.3) is 0 Å². The van der Waals surface area contributed by atoms with Gasteiger partial charge in [-0.05, 0) is 6.92 Å². The second kappa shape index (κ2) is 8.79. The number of halogens is 1. The summed E-state index contributed by atoms with van der Waals surface area (Å²) in [5, 5.41) is 9.98. The Bertz CT molecular complexity index is 470. The zero-order valence-electron chi connectivity index (χ0n) is 12.4. The van der Waals surface area contributed by atoms with Gasteiger partial charge < -0.3 is 15.2 Å². The number of rotatable bonds is 4. The molecular weight excluding hydrogens is 369 g/mol. The normalized spacial score (nSPS) is 11.4. The summed E-state index contributed by atoms with van der Waals surface area (Å²) in [4.78, 5) is 8.64. The fourth-order valence-electron chi connectivity index (χ4n) is 1.25. The molecule has 0 bridgehead atoms. The van der Waals surface area contributed by atoms with Gasteiger partial charge in [-0.1, -0.05) is 31.8 Å². The maximum Gasteiger partial charge on any atom is 0.232 e.